The lowest BCUT2D eigenvalue weighted by atomic mass is 10.1. The number of fused-ring (bicyclic) bond motifs is 2. The quantitative estimate of drug-likeness (QED) is 0.512. The van der Waals surface area contributed by atoms with Gasteiger partial charge in [0.05, 0.1) is 11.0 Å². The van der Waals surface area contributed by atoms with Gasteiger partial charge in [0.2, 0.25) is 0 Å². The first-order valence-electron chi connectivity index (χ1n) is 8.85. The number of furan rings is 1. The molecule has 0 bridgehead atoms. The molecule has 0 amide bonds. The molecule has 0 saturated carbocycles. The molecular weight excluding hydrogens is 312 g/mol. The molecule has 0 spiro atoms. The molecule has 0 aliphatic carbocycles. The number of rotatable bonds is 2. The molecule has 0 N–H and O–H groups in total. The second-order valence-electron chi connectivity index (χ2n) is 6.72. The lowest BCUT2D eigenvalue weighted by Crippen LogP contribution is -2.20. The molecule has 4 heteroatoms. The fourth-order valence-electron chi connectivity index (χ4n) is 3.90. The Morgan fingerprint density at radius 3 is 2.72 bits per heavy atom. The molecule has 0 radical (unpaired) electrons. The number of nitrogens with zero attached hydrogens (tertiary/aromatic N) is 2. The zero-order valence-electron chi connectivity index (χ0n) is 14.2. The molecule has 2 aromatic heterocycles. The van der Waals surface area contributed by atoms with Crippen LogP contribution in [0.1, 0.15) is 24.7 Å². The third kappa shape index (κ3) is 2.45. The maximum atomic E-state index is 6.01. The zero-order valence-corrected chi connectivity index (χ0v) is 14.2. The van der Waals surface area contributed by atoms with E-state index >= 15 is 0 Å². The molecule has 2 aromatic carbocycles. The minimum absolute atomic E-state index is 0.482. The lowest BCUT2D eigenvalue weighted by molar-refractivity contribution is 0.0701. The molecule has 0 unspecified atom stereocenters. The van der Waals surface area contributed by atoms with E-state index in [-0.39, 0.29) is 0 Å². The Morgan fingerprint density at radius 2 is 1.88 bits per heavy atom. The van der Waals surface area contributed by atoms with Crippen molar-refractivity contribution in [3.05, 3.63) is 54.4 Å². The fourth-order valence-corrected chi connectivity index (χ4v) is 3.90. The summed E-state index contributed by atoms with van der Waals surface area (Å²) in [5.41, 5.74) is 4.22. The molecule has 126 valence electrons. The highest BCUT2D eigenvalue weighted by Gasteiger charge is 2.20. The Morgan fingerprint density at radius 1 is 1.04 bits per heavy atom. The first kappa shape index (κ1) is 14.7. The summed E-state index contributed by atoms with van der Waals surface area (Å²) in [4.78, 5) is 4.81. The molecule has 1 aliphatic heterocycles. The second kappa shape index (κ2) is 5.74. The first-order valence-corrected chi connectivity index (χ1v) is 8.85. The Kier molecular flexibility index (Phi) is 3.38. The number of aryl methyl sites for hydroxylation is 1. The van der Waals surface area contributed by atoms with E-state index in [1.165, 1.54) is 5.52 Å². The van der Waals surface area contributed by atoms with Gasteiger partial charge in [0, 0.05) is 30.2 Å². The van der Waals surface area contributed by atoms with Crippen LogP contribution in [0.2, 0.25) is 0 Å². The summed E-state index contributed by atoms with van der Waals surface area (Å²) in [6.45, 7) is 3.76. The van der Waals surface area contributed by atoms with Crippen molar-refractivity contribution in [1.29, 1.82) is 0 Å². The standard InChI is InChI=1S/C21H20N2O2/c1-14-22-18-12-16(21-13-15-4-2-3-5-20(15)25-21)6-7-19(18)23(14)17-8-10-24-11-9-17/h2-7,12-13,17H,8-11H2,1H3. The van der Waals surface area contributed by atoms with Crippen LogP contribution in [0.25, 0.3) is 33.3 Å². The van der Waals surface area contributed by atoms with E-state index in [0.717, 1.165) is 59.7 Å². The van der Waals surface area contributed by atoms with E-state index < -0.39 is 0 Å². The van der Waals surface area contributed by atoms with E-state index in [9.17, 15) is 0 Å². The van der Waals surface area contributed by atoms with Gasteiger partial charge in [-0.1, -0.05) is 18.2 Å². The Hall–Kier alpha value is -2.59. The van der Waals surface area contributed by atoms with Gasteiger partial charge in [0.1, 0.15) is 17.2 Å². The van der Waals surface area contributed by atoms with E-state index in [1.807, 2.05) is 18.2 Å². The van der Waals surface area contributed by atoms with Gasteiger partial charge in [-0.3, -0.25) is 0 Å². The van der Waals surface area contributed by atoms with E-state index in [1.54, 1.807) is 0 Å². The number of hydrogen-bond acceptors (Lipinski definition) is 3. The smallest absolute Gasteiger partial charge is 0.135 e. The number of hydrogen-bond donors (Lipinski definition) is 0. The maximum absolute atomic E-state index is 6.01. The van der Waals surface area contributed by atoms with Crippen LogP contribution >= 0.6 is 0 Å². The van der Waals surface area contributed by atoms with Crippen LogP contribution in [-0.4, -0.2) is 22.8 Å². The van der Waals surface area contributed by atoms with Crippen molar-refractivity contribution in [3.63, 3.8) is 0 Å². The molecule has 0 atom stereocenters. The van der Waals surface area contributed by atoms with E-state index in [0.29, 0.717) is 6.04 Å². The largest absolute Gasteiger partial charge is 0.456 e. The van der Waals surface area contributed by atoms with Crippen molar-refractivity contribution in [2.24, 2.45) is 0 Å². The Labute approximate surface area is 146 Å². The number of aromatic nitrogens is 2. The van der Waals surface area contributed by atoms with Gasteiger partial charge >= 0.3 is 0 Å². The summed E-state index contributed by atoms with van der Waals surface area (Å²) in [7, 11) is 0. The van der Waals surface area contributed by atoms with Gasteiger partial charge in [0.15, 0.2) is 0 Å². The van der Waals surface area contributed by atoms with Crippen LogP contribution in [0.5, 0.6) is 0 Å². The molecular formula is C21H20N2O2. The van der Waals surface area contributed by atoms with Gasteiger partial charge in [-0.15, -0.1) is 0 Å². The van der Waals surface area contributed by atoms with Crippen LogP contribution < -0.4 is 0 Å². The summed E-state index contributed by atoms with van der Waals surface area (Å²) < 4.78 is 13.9. The summed E-state index contributed by atoms with van der Waals surface area (Å²) in [5.74, 6) is 1.96. The van der Waals surface area contributed by atoms with Crippen molar-refractivity contribution in [1.82, 2.24) is 9.55 Å². The molecule has 1 saturated heterocycles. The van der Waals surface area contributed by atoms with Crippen LogP contribution in [0.3, 0.4) is 0 Å². The maximum Gasteiger partial charge on any atom is 0.135 e. The average Bonchev–Trinajstić information content (AvgIpc) is 3.21. The molecule has 25 heavy (non-hydrogen) atoms. The third-order valence-corrected chi connectivity index (χ3v) is 5.13. The molecule has 1 aliphatic rings. The van der Waals surface area contributed by atoms with Crippen molar-refractivity contribution < 1.29 is 9.15 Å². The normalized spacial score (nSPS) is 16.0. The van der Waals surface area contributed by atoms with Crippen molar-refractivity contribution in [3.8, 4) is 11.3 Å². The molecule has 3 heterocycles. The minimum Gasteiger partial charge on any atom is -0.456 e. The monoisotopic (exact) mass is 332 g/mol. The molecule has 4 nitrogen and oxygen atoms in total. The Balaban J connectivity index is 1.60. The zero-order chi connectivity index (χ0) is 16.8. The predicted molar refractivity (Wildman–Crippen MR) is 98.8 cm³/mol. The minimum atomic E-state index is 0.482. The number of para-hydroxylation sites is 1. The van der Waals surface area contributed by atoms with Gasteiger partial charge in [-0.05, 0) is 50.1 Å². The van der Waals surface area contributed by atoms with Crippen LogP contribution in [-0.2, 0) is 4.74 Å². The second-order valence-corrected chi connectivity index (χ2v) is 6.72. The highest BCUT2D eigenvalue weighted by Crippen LogP contribution is 2.32. The summed E-state index contributed by atoms with van der Waals surface area (Å²) in [5, 5.41) is 1.13. The average molecular weight is 332 g/mol. The Bertz CT molecular complexity index is 1020. The van der Waals surface area contributed by atoms with Gasteiger partial charge in [-0.2, -0.15) is 0 Å². The van der Waals surface area contributed by atoms with Crippen molar-refractivity contribution >= 4 is 22.0 Å². The van der Waals surface area contributed by atoms with Crippen LogP contribution in [0, 0.1) is 6.92 Å². The SMILES string of the molecule is Cc1nc2cc(-c3cc4ccccc4o3)ccc2n1C1CCOCC1. The highest BCUT2D eigenvalue weighted by atomic mass is 16.5. The molecule has 4 aromatic rings. The van der Waals surface area contributed by atoms with Gasteiger partial charge < -0.3 is 13.7 Å². The highest BCUT2D eigenvalue weighted by molar-refractivity contribution is 5.86. The van der Waals surface area contributed by atoms with Crippen LogP contribution in [0.4, 0.5) is 0 Å². The number of imidazole rings is 1. The predicted octanol–water partition coefficient (Wildman–Crippen LogP) is 5.11. The van der Waals surface area contributed by atoms with Gasteiger partial charge in [0.25, 0.3) is 0 Å². The van der Waals surface area contributed by atoms with Crippen molar-refractivity contribution in [2.75, 3.05) is 13.2 Å². The summed E-state index contributed by atoms with van der Waals surface area (Å²) in [6, 6.07) is 17.1. The number of benzene rings is 2. The summed E-state index contributed by atoms with van der Waals surface area (Å²) >= 11 is 0. The first-order chi connectivity index (χ1) is 12.3. The van der Waals surface area contributed by atoms with E-state index in [4.69, 9.17) is 14.1 Å². The van der Waals surface area contributed by atoms with Crippen LogP contribution in [0.15, 0.2) is 52.9 Å². The fraction of sp³-hybridized carbons (Fsp3) is 0.286. The molecule has 1 fully saturated rings. The number of ether oxygens (including phenoxy) is 1. The third-order valence-electron chi connectivity index (χ3n) is 5.13. The summed E-state index contributed by atoms with van der Waals surface area (Å²) in [6.07, 6.45) is 2.11. The molecule has 5 rings (SSSR count). The lowest BCUT2D eigenvalue weighted by Gasteiger charge is -2.25. The van der Waals surface area contributed by atoms with Gasteiger partial charge in [-0.25, -0.2) is 4.98 Å². The topological polar surface area (TPSA) is 40.2 Å². The van der Waals surface area contributed by atoms with Crippen molar-refractivity contribution in [2.45, 2.75) is 25.8 Å². The van der Waals surface area contributed by atoms with E-state index in [2.05, 4.69) is 41.8 Å².